The molecule has 2 bridgehead atoms. The van der Waals surface area contributed by atoms with Gasteiger partial charge in [-0.2, -0.15) is 4.21 Å². The van der Waals surface area contributed by atoms with Crippen LogP contribution in [-0.4, -0.2) is 59.1 Å². The third-order valence-electron chi connectivity index (χ3n) is 9.32. The highest BCUT2D eigenvalue weighted by Crippen LogP contribution is 2.42. The van der Waals surface area contributed by atoms with Crippen molar-refractivity contribution >= 4 is 33.2 Å². The van der Waals surface area contributed by atoms with Crippen LogP contribution < -0.4 is 14.4 Å². The van der Waals surface area contributed by atoms with Crippen LogP contribution in [0.25, 0.3) is 0 Å². The van der Waals surface area contributed by atoms with Gasteiger partial charge in [-0.25, -0.2) is 8.93 Å². The van der Waals surface area contributed by atoms with Gasteiger partial charge in [0.25, 0.3) is 5.91 Å². The van der Waals surface area contributed by atoms with E-state index in [1.165, 1.54) is 5.56 Å². The van der Waals surface area contributed by atoms with E-state index >= 15 is 0 Å². The highest BCUT2D eigenvalue weighted by Gasteiger charge is 2.38. The first-order chi connectivity index (χ1) is 21.3. The summed E-state index contributed by atoms with van der Waals surface area (Å²) >= 11 is 6.34. The number of halogens is 1. The molecule has 240 valence electrons. The molecular formula is C34H46ClN2O6S+. The minimum atomic E-state index is -3.63. The zero-order chi connectivity index (χ0) is 31.1. The molecule has 0 saturated heterocycles. The first kappa shape index (κ1) is 32.8. The quantitative estimate of drug-likeness (QED) is 0.228. The van der Waals surface area contributed by atoms with Gasteiger partial charge in [-0.3, -0.25) is 4.79 Å². The highest BCUT2D eigenvalue weighted by molar-refractivity contribution is 7.90. The Kier molecular flexibility index (Phi) is 11.3. The number of benzene rings is 2. The number of hydrogen-bond donors (Lipinski definition) is 1. The fourth-order valence-electron chi connectivity index (χ4n) is 6.58. The summed E-state index contributed by atoms with van der Waals surface area (Å²) in [5.41, 5.74) is 3.46. The molecule has 0 aromatic heterocycles. The molecule has 44 heavy (non-hydrogen) atoms. The zero-order valence-electron chi connectivity index (χ0n) is 25.8. The van der Waals surface area contributed by atoms with E-state index in [0.29, 0.717) is 62.2 Å². The largest absolute Gasteiger partial charge is 0.487 e. The molecule has 2 N–H and O–H groups in total. The summed E-state index contributed by atoms with van der Waals surface area (Å²) in [7, 11) is -1.95. The predicted molar refractivity (Wildman–Crippen MR) is 175 cm³/mol. The van der Waals surface area contributed by atoms with Gasteiger partial charge in [0.15, 0.2) is 0 Å². The third kappa shape index (κ3) is 7.97. The van der Waals surface area contributed by atoms with E-state index < -0.39 is 21.2 Å². The number of fused-ring (bicyclic) bond motifs is 3. The van der Waals surface area contributed by atoms with Crippen molar-refractivity contribution in [3.05, 3.63) is 70.3 Å². The van der Waals surface area contributed by atoms with Gasteiger partial charge in [0, 0.05) is 30.8 Å². The van der Waals surface area contributed by atoms with Crippen molar-refractivity contribution in [2.24, 2.45) is 11.8 Å². The molecule has 2 aliphatic heterocycles. The zero-order valence-corrected chi connectivity index (χ0v) is 27.4. The van der Waals surface area contributed by atoms with Crippen LogP contribution in [0.2, 0.25) is 5.02 Å². The Hall–Kier alpha value is -2.59. The van der Waals surface area contributed by atoms with E-state index in [1.807, 2.05) is 37.3 Å². The molecule has 2 heterocycles. The number of anilines is 1. The van der Waals surface area contributed by atoms with Gasteiger partial charge in [-0.15, -0.1) is 0 Å². The average molecular weight is 646 g/mol. The van der Waals surface area contributed by atoms with Crippen molar-refractivity contribution in [3.8, 4) is 5.75 Å². The van der Waals surface area contributed by atoms with Crippen molar-refractivity contribution in [1.29, 1.82) is 0 Å². The Morgan fingerprint density at radius 2 is 1.98 bits per heavy atom. The summed E-state index contributed by atoms with van der Waals surface area (Å²) in [6, 6.07) is 11.3. The van der Waals surface area contributed by atoms with Crippen LogP contribution in [0.3, 0.4) is 0 Å². The maximum atomic E-state index is 13.4. The Morgan fingerprint density at radius 1 is 1.11 bits per heavy atom. The minimum absolute atomic E-state index is 0.0553. The number of nitrogens with zero attached hydrogens (tertiary/aromatic N) is 1. The lowest BCUT2D eigenvalue weighted by atomic mass is 9.70. The molecule has 8 nitrogen and oxygen atoms in total. The Bertz CT molecular complexity index is 1430. The third-order valence-corrected chi connectivity index (χ3v) is 11.5. The molecule has 2 aromatic rings. The molecule has 5 atom stereocenters. The molecule has 1 amide bonds. The van der Waals surface area contributed by atoms with Crippen molar-refractivity contribution in [3.63, 3.8) is 0 Å². The summed E-state index contributed by atoms with van der Waals surface area (Å²) < 4.78 is 44.9. The summed E-state index contributed by atoms with van der Waals surface area (Å²) in [6.07, 6.45) is 10.8. The second kappa shape index (κ2) is 15.1. The molecule has 3 aliphatic rings. The van der Waals surface area contributed by atoms with Crippen molar-refractivity contribution < 1.29 is 27.4 Å². The van der Waals surface area contributed by atoms with Gasteiger partial charge in [0.2, 0.25) is 0 Å². The van der Waals surface area contributed by atoms with Crippen molar-refractivity contribution in [2.45, 2.75) is 76.3 Å². The summed E-state index contributed by atoms with van der Waals surface area (Å²) in [4.78, 5) is 15.8. The molecule has 1 fully saturated rings. The lowest BCUT2D eigenvalue weighted by Gasteiger charge is -2.44. The van der Waals surface area contributed by atoms with E-state index in [-0.39, 0.29) is 6.10 Å². The lowest BCUT2D eigenvalue weighted by Crippen LogP contribution is -2.44. The predicted octanol–water partition coefficient (Wildman–Crippen LogP) is 6.46. The van der Waals surface area contributed by atoms with Gasteiger partial charge >= 0.3 is 10.0 Å². The number of carbonyl (C=O) groups is 1. The van der Waals surface area contributed by atoms with E-state index in [9.17, 15) is 13.2 Å². The first-order valence-corrected chi connectivity index (χ1v) is 17.9. The number of allylic oxidation sites excluding steroid dienone is 1. The van der Waals surface area contributed by atoms with Crippen LogP contribution in [0.15, 0.2) is 48.6 Å². The van der Waals surface area contributed by atoms with E-state index in [0.717, 1.165) is 61.5 Å². The van der Waals surface area contributed by atoms with Gasteiger partial charge < -0.3 is 19.1 Å². The summed E-state index contributed by atoms with van der Waals surface area (Å²) in [6.45, 7) is 4.90. The van der Waals surface area contributed by atoms with Crippen LogP contribution in [0.1, 0.15) is 73.4 Å². The second-order valence-electron chi connectivity index (χ2n) is 12.2. The fraction of sp³-hybridized carbons (Fsp3) is 0.559. The molecule has 1 aliphatic carbocycles. The number of amides is 1. The van der Waals surface area contributed by atoms with E-state index in [4.69, 9.17) is 25.8 Å². The normalized spacial score (nSPS) is 28.7. The molecule has 1 saturated carbocycles. The molecule has 1 unspecified atom stereocenters. The van der Waals surface area contributed by atoms with Gasteiger partial charge in [0.1, 0.15) is 17.6 Å². The van der Waals surface area contributed by atoms with Crippen LogP contribution in [0.4, 0.5) is 5.69 Å². The van der Waals surface area contributed by atoms with Crippen LogP contribution >= 0.6 is 11.6 Å². The number of rotatable bonds is 5. The van der Waals surface area contributed by atoms with Crippen molar-refractivity contribution in [1.82, 2.24) is 4.72 Å². The minimum Gasteiger partial charge on any atom is -0.487 e. The Balaban J connectivity index is 1.52. The van der Waals surface area contributed by atoms with E-state index in [1.54, 1.807) is 13.2 Å². The van der Waals surface area contributed by atoms with Gasteiger partial charge in [-0.05, 0) is 105 Å². The first-order valence-electron chi connectivity index (χ1n) is 15.9. The molecular weight excluding hydrogens is 600 g/mol. The molecule has 0 spiro atoms. The maximum Gasteiger partial charge on any atom is 0.371 e. The topological polar surface area (TPSA) is 98.5 Å². The summed E-state index contributed by atoms with van der Waals surface area (Å²) in [5.74, 6) is 0.890. The number of hydrogen-bond acceptors (Lipinski definition) is 6. The fourth-order valence-corrected chi connectivity index (χ4v) is 8.24. The lowest BCUT2D eigenvalue weighted by molar-refractivity contribution is -0.0308. The monoisotopic (exact) mass is 645 g/mol. The highest BCUT2D eigenvalue weighted by atomic mass is 35.5. The number of aryl methyl sites for hydroxylation is 1. The van der Waals surface area contributed by atoms with Crippen molar-refractivity contribution in [2.75, 3.05) is 38.3 Å². The SMILES string of the molecule is CC[C@@H]1CC/C=C/[C@H](OCCOC)[C@@H]2CC[C@H]2CN2CCCCc3cc(Cl)ccc3COc3ccc(cc32)C(=O)NS1(=O)=[OH+]. The second-order valence-corrected chi connectivity index (χ2v) is 14.6. The van der Waals surface area contributed by atoms with Gasteiger partial charge in [-0.1, -0.05) is 36.7 Å². The standard InChI is InChI=1S/C34H45ClN2O6S/c1-3-29-9-4-5-10-32(42-19-18-41-2)30-15-12-26(30)22-37-17-7-6-8-24-20-28(35)14-11-27(24)23-43-33-16-13-25(21-31(33)37)34(38)36-44(29,39)40/h5,10-11,13-14,16,20-21,26,29-30,32H,3-4,6-9,12,15,17-19,22-23H2,1-2H3,(H,36,38,39,40)/p+1/b10-5+/t26-,29+,30+,32-/m0/s1. The van der Waals surface area contributed by atoms with Crippen LogP contribution in [-0.2, 0) is 32.5 Å². The summed E-state index contributed by atoms with van der Waals surface area (Å²) in [5, 5.41) is 0.153. The van der Waals surface area contributed by atoms with E-state index in [2.05, 4.69) is 21.8 Å². The Labute approximate surface area is 267 Å². The number of nitrogens with one attached hydrogen (secondary N) is 1. The van der Waals surface area contributed by atoms with Crippen LogP contribution in [0, 0.1) is 11.8 Å². The number of methoxy groups -OCH3 is 1. The molecule has 5 rings (SSSR count). The van der Waals surface area contributed by atoms with Crippen LogP contribution in [0.5, 0.6) is 5.75 Å². The number of carbonyl (C=O) groups excluding carboxylic acids is 1. The average Bonchev–Trinajstić information content (AvgIpc) is 3.01. The number of ether oxygens (including phenoxy) is 3. The smallest absolute Gasteiger partial charge is 0.371 e. The van der Waals surface area contributed by atoms with Gasteiger partial charge in [0.05, 0.1) is 25.0 Å². The maximum absolute atomic E-state index is 13.4. The Morgan fingerprint density at radius 3 is 2.75 bits per heavy atom. The molecule has 10 heteroatoms. The molecule has 0 radical (unpaired) electrons. The molecule has 2 aromatic carbocycles.